The summed E-state index contributed by atoms with van der Waals surface area (Å²) < 4.78 is 22.4. The Balaban J connectivity index is 1.81. The topological polar surface area (TPSA) is 127 Å². The first-order valence-electron chi connectivity index (χ1n) is 7.89. The molecule has 1 fully saturated rings. The Kier molecular flexibility index (Phi) is 5.95. The molecule has 2 rings (SSSR count). The van der Waals surface area contributed by atoms with Crippen LogP contribution in [0.1, 0.15) is 31.2 Å². The van der Waals surface area contributed by atoms with Gasteiger partial charge in [-0.3, -0.25) is 9.59 Å². The average molecular weight is 354 g/mol. The standard InChI is InChI=1S/C16H22N2O5S/c17-24(22,23)14-6-4-11(5-7-14)8-9-18-15(19)12-2-1-3-13(10-12)16(20)21/h4-7,12-13H,1-3,8-10H2,(H,18,19)(H,20,21)(H2,17,22,23). The molecule has 7 nitrogen and oxygen atoms in total. The maximum Gasteiger partial charge on any atom is 0.306 e. The number of amides is 1. The normalized spacial score (nSPS) is 21.2. The van der Waals surface area contributed by atoms with E-state index in [1.165, 1.54) is 12.1 Å². The summed E-state index contributed by atoms with van der Waals surface area (Å²) in [6, 6.07) is 6.19. The third-order valence-corrected chi connectivity index (χ3v) is 5.29. The average Bonchev–Trinajstić information content (AvgIpc) is 2.54. The molecule has 0 aliphatic heterocycles. The molecule has 0 aromatic heterocycles. The quantitative estimate of drug-likeness (QED) is 0.699. The van der Waals surface area contributed by atoms with Gasteiger partial charge in [-0.2, -0.15) is 0 Å². The fourth-order valence-corrected chi connectivity index (χ4v) is 3.49. The van der Waals surface area contributed by atoms with Crippen LogP contribution in [-0.4, -0.2) is 31.9 Å². The highest BCUT2D eigenvalue weighted by Crippen LogP contribution is 2.29. The lowest BCUT2D eigenvalue weighted by atomic mass is 9.81. The SMILES string of the molecule is NS(=O)(=O)c1ccc(CCNC(=O)C2CCCC(C(=O)O)C2)cc1. The molecule has 1 saturated carbocycles. The van der Waals surface area contributed by atoms with Crippen LogP contribution in [0.25, 0.3) is 0 Å². The van der Waals surface area contributed by atoms with Crippen molar-refractivity contribution in [2.24, 2.45) is 17.0 Å². The van der Waals surface area contributed by atoms with Crippen LogP contribution in [0.4, 0.5) is 0 Å². The van der Waals surface area contributed by atoms with E-state index in [0.29, 0.717) is 25.8 Å². The number of aliphatic carboxylic acids is 1. The van der Waals surface area contributed by atoms with Crippen molar-refractivity contribution in [2.75, 3.05) is 6.54 Å². The predicted octanol–water partition coefficient (Wildman–Crippen LogP) is 0.884. The van der Waals surface area contributed by atoms with Gasteiger partial charge in [-0.15, -0.1) is 0 Å². The van der Waals surface area contributed by atoms with Crippen molar-refractivity contribution in [1.29, 1.82) is 0 Å². The summed E-state index contributed by atoms with van der Waals surface area (Å²) in [6.07, 6.45) is 3.06. The number of primary sulfonamides is 1. The lowest BCUT2D eigenvalue weighted by Crippen LogP contribution is -2.36. The number of sulfonamides is 1. The van der Waals surface area contributed by atoms with E-state index in [2.05, 4.69) is 5.32 Å². The van der Waals surface area contributed by atoms with Gasteiger partial charge in [0.05, 0.1) is 10.8 Å². The van der Waals surface area contributed by atoms with Crippen molar-refractivity contribution in [3.8, 4) is 0 Å². The summed E-state index contributed by atoms with van der Waals surface area (Å²) in [6.45, 7) is 0.418. The van der Waals surface area contributed by atoms with Crippen LogP contribution in [0.5, 0.6) is 0 Å². The molecule has 0 heterocycles. The van der Waals surface area contributed by atoms with Gasteiger partial charge in [-0.25, -0.2) is 13.6 Å². The van der Waals surface area contributed by atoms with E-state index < -0.39 is 21.9 Å². The maximum atomic E-state index is 12.1. The lowest BCUT2D eigenvalue weighted by Gasteiger charge is -2.25. The Morgan fingerprint density at radius 1 is 1.17 bits per heavy atom. The van der Waals surface area contributed by atoms with Gasteiger partial charge in [-0.1, -0.05) is 18.6 Å². The summed E-state index contributed by atoms with van der Waals surface area (Å²) in [7, 11) is -3.70. The first-order chi connectivity index (χ1) is 11.3. The second kappa shape index (κ2) is 7.76. The molecule has 4 N–H and O–H groups in total. The Bertz CT molecular complexity index is 700. The van der Waals surface area contributed by atoms with Crippen LogP contribution >= 0.6 is 0 Å². The van der Waals surface area contributed by atoms with E-state index in [1.807, 2.05) is 0 Å². The fraction of sp³-hybridized carbons (Fsp3) is 0.500. The highest BCUT2D eigenvalue weighted by atomic mass is 32.2. The number of carboxylic acid groups (broad SMARTS) is 1. The number of benzene rings is 1. The Labute approximate surface area is 141 Å². The minimum Gasteiger partial charge on any atom is -0.481 e. The minimum absolute atomic E-state index is 0.0530. The molecule has 8 heteroatoms. The summed E-state index contributed by atoms with van der Waals surface area (Å²) in [5.41, 5.74) is 0.884. The van der Waals surface area contributed by atoms with Gasteiger partial charge < -0.3 is 10.4 Å². The Hall–Kier alpha value is -1.93. The largest absolute Gasteiger partial charge is 0.481 e. The number of rotatable bonds is 6. The summed E-state index contributed by atoms with van der Waals surface area (Å²) in [4.78, 5) is 23.2. The lowest BCUT2D eigenvalue weighted by molar-refractivity contribution is -0.144. The first kappa shape index (κ1) is 18.4. The van der Waals surface area contributed by atoms with Crippen LogP contribution in [0.15, 0.2) is 29.2 Å². The molecule has 1 aromatic carbocycles. The molecule has 1 aromatic rings. The van der Waals surface area contributed by atoms with Crippen molar-refractivity contribution < 1.29 is 23.1 Å². The first-order valence-corrected chi connectivity index (χ1v) is 9.44. The third-order valence-electron chi connectivity index (χ3n) is 4.36. The monoisotopic (exact) mass is 354 g/mol. The van der Waals surface area contributed by atoms with Crippen molar-refractivity contribution in [2.45, 2.75) is 37.0 Å². The highest BCUT2D eigenvalue weighted by molar-refractivity contribution is 7.89. The van der Waals surface area contributed by atoms with Crippen LogP contribution < -0.4 is 10.5 Å². The number of nitrogens with two attached hydrogens (primary N) is 1. The molecular formula is C16H22N2O5S. The van der Waals surface area contributed by atoms with Crippen LogP contribution in [0, 0.1) is 11.8 Å². The van der Waals surface area contributed by atoms with Crippen LogP contribution in [-0.2, 0) is 26.0 Å². The van der Waals surface area contributed by atoms with E-state index in [1.54, 1.807) is 12.1 Å². The molecule has 0 bridgehead atoms. The van der Waals surface area contributed by atoms with Gasteiger partial charge in [0.1, 0.15) is 0 Å². The van der Waals surface area contributed by atoms with Crippen molar-refractivity contribution in [1.82, 2.24) is 5.32 Å². The zero-order chi connectivity index (χ0) is 17.7. The number of carbonyl (C=O) groups excluding carboxylic acids is 1. The van der Waals surface area contributed by atoms with E-state index in [9.17, 15) is 18.0 Å². The third kappa shape index (κ3) is 5.04. The van der Waals surface area contributed by atoms with E-state index in [4.69, 9.17) is 10.2 Å². The Morgan fingerprint density at radius 3 is 2.38 bits per heavy atom. The van der Waals surface area contributed by atoms with E-state index in [0.717, 1.165) is 18.4 Å². The number of hydrogen-bond acceptors (Lipinski definition) is 4. The molecule has 0 spiro atoms. The second-order valence-electron chi connectivity index (χ2n) is 6.13. The number of hydrogen-bond donors (Lipinski definition) is 3. The molecule has 1 aliphatic rings. The zero-order valence-electron chi connectivity index (χ0n) is 13.3. The minimum atomic E-state index is -3.70. The van der Waals surface area contributed by atoms with E-state index in [-0.39, 0.29) is 16.7 Å². The number of carboxylic acids is 1. The van der Waals surface area contributed by atoms with E-state index >= 15 is 0 Å². The summed E-state index contributed by atoms with van der Waals surface area (Å²) >= 11 is 0. The molecule has 0 radical (unpaired) electrons. The molecule has 2 unspecified atom stereocenters. The molecular weight excluding hydrogens is 332 g/mol. The predicted molar refractivity (Wildman–Crippen MR) is 87.6 cm³/mol. The van der Waals surface area contributed by atoms with Crippen molar-refractivity contribution in [3.05, 3.63) is 29.8 Å². The number of nitrogens with one attached hydrogen (secondary N) is 1. The van der Waals surface area contributed by atoms with Crippen LogP contribution in [0.3, 0.4) is 0 Å². The Morgan fingerprint density at radius 2 is 1.79 bits per heavy atom. The molecule has 1 aliphatic carbocycles. The molecule has 0 saturated heterocycles. The van der Waals surface area contributed by atoms with Gasteiger partial charge in [0, 0.05) is 12.5 Å². The molecule has 1 amide bonds. The van der Waals surface area contributed by atoms with Gasteiger partial charge in [0.15, 0.2) is 0 Å². The van der Waals surface area contributed by atoms with Gasteiger partial charge in [0.25, 0.3) is 0 Å². The fourth-order valence-electron chi connectivity index (χ4n) is 2.97. The van der Waals surface area contributed by atoms with Crippen molar-refractivity contribution >= 4 is 21.9 Å². The van der Waals surface area contributed by atoms with Gasteiger partial charge in [-0.05, 0) is 43.4 Å². The second-order valence-corrected chi connectivity index (χ2v) is 7.69. The van der Waals surface area contributed by atoms with Gasteiger partial charge >= 0.3 is 5.97 Å². The van der Waals surface area contributed by atoms with Gasteiger partial charge in [0.2, 0.25) is 15.9 Å². The number of carbonyl (C=O) groups is 2. The van der Waals surface area contributed by atoms with Crippen LogP contribution in [0.2, 0.25) is 0 Å². The molecule has 2 atom stereocenters. The molecule has 24 heavy (non-hydrogen) atoms. The zero-order valence-corrected chi connectivity index (χ0v) is 14.1. The highest BCUT2D eigenvalue weighted by Gasteiger charge is 2.30. The summed E-state index contributed by atoms with van der Waals surface area (Å²) in [5.74, 6) is -1.62. The van der Waals surface area contributed by atoms with Crippen molar-refractivity contribution in [3.63, 3.8) is 0 Å². The molecule has 132 valence electrons. The maximum absolute atomic E-state index is 12.1. The summed E-state index contributed by atoms with van der Waals surface area (Å²) in [5, 5.41) is 16.9. The smallest absolute Gasteiger partial charge is 0.306 e.